The Morgan fingerprint density at radius 3 is 2.23 bits per heavy atom. The van der Waals surface area contributed by atoms with Crippen molar-refractivity contribution in [3.05, 3.63) is 82.1 Å². The van der Waals surface area contributed by atoms with Crippen LogP contribution in [0.25, 0.3) is 10.8 Å². The Bertz CT molecular complexity index is 1040. The van der Waals surface area contributed by atoms with Crippen molar-refractivity contribution in [3.8, 4) is 5.75 Å². The number of fused-ring (bicyclic) bond motifs is 1. The molecule has 1 amide bonds. The molecule has 0 fully saturated rings. The first-order valence-electron chi connectivity index (χ1n) is 10.1. The van der Waals surface area contributed by atoms with E-state index >= 15 is 0 Å². The highest BCUT2D eigenvalue weighted by atomic mass is 32.2. The highest BCUT2D eigenvalue weighted by molar-refractivity contribution is 8.22. The lowest BCUT2D eigenvalue weighted by Gasteiger charge is -2.22. The second-order valence-electron chi connectivity index (χ2n) is 6.83. The summed E-state index contributed by atoms with van der Waals surface area (Å²) in [6.07, 6.45) is 0. The third kappa shape index (κ3) is 5.02. The summed E-state index contributed by atoms with van der Waals surface area (Å²) in [5, 5.41) is 15.8. The normalized spacial score (nSPS) is 11.8. The molecule has 2 N–H and O–H groups in total. The molecule has 0 saturated carbocycles. The predicted molar refractivity (Wildman–Crippen MR) is 132 cm³/mol. The fraction of sp³-hybridized carbons (Fsp3) is 0.240. The molecule has 1 unspecified atom stereocenters. The summed E-state index contributed by atoms with van der Waals surface area (Å²) in [7, 11) is 0. The van der Waals surface area contributed by atoms with E-state index in [4.69, 9.17) is 0 Å². The summed E-state index contributed by atoms with van der Waals surface area (Å²) in [6.45, 7) is 6.19. The molecular weight excluding hydrogens is 410 g/mol. The van der Waals surface area contributed by atoms with Crippen LogP contribution in [0.5, 0.6) is 5.75 Å². The number of phenols is 1. The Morgan fingerprint density at radius 1 is 0.933 bits per heavy atom. The first-order valence-corrected chi connectivity index (χ1v) is 12.1. The molecule has 3 nitrogen and oxygen atoms in total. The SMILES string of the molecule is CCSC(SCC)=C(C(=O)Nc1ccccc1)C(C)c1c(O)ccc2ccccc12. The average Bonchev–Trinajstić information content (AvgIpc) is 2.74. The molecule has 0 aliphatic rings. The number of nitrogens with one attached hydrogen (secondary N) is 1. The van der Waals surface area contributed by atoms with Gasteiger partial charge in [-0.15, -0.1) is 23.5 Å². The summed E-state index contributed by atoms with van der Waals surface area (Å²) in [5.74, 6) is 1.57. The number of amides is 1. The first kappa shape index (κ1) is 22.3. The molecule has 0 saturated heterocycles. The fourth-order valence-corrected chi connectivity index (χ4v) is 5.94. The van der Waals surface area contributed by atoms with Crippen LogP contribution in [0.3, 0.4) is 0 Å². The van der Waals surface area contributed by atoms with E-state index in [1.54, 1.807) is 29.6 Å². The number of benzene rings is 3. The van der Waals surface area contributed by atoms with Crippen LogP contribution in [0.4, 0.5) is 5.69 Å². The van der Waals surface area contributed by atoms with Gasteiger partial charge in [-0.1, -0.05) is 69.3 Å². The molecule has 0 spiro atoms. The summed E-state index contributed by atoms with van der Waals surface area (Å²) in [5.41, 5.74) is 2.25. The Balaban J connectivity index is 2.13. The maximum Gasteiger partial charge on any atom is 0.253 e. The molecule has 30 heavy (non-hydrogen) atoms. The molecule has 3 aromatic rings. The molecule has 3 aromatic carbocycles. The topological polar surface area (TPSA) is 49.3 Å². The van der Waals surface area contributed by atoms with Gasteiger partial charge < -0.3 is 10.4 Å². The van der Waals surface area contributed by atoms with Gasteiger partial charge >= 0.3 is 0 Å². The number of aromatic hydroxyl groups is 1. The number of hydrogen-bond acceptors (Lipinski definition) is 4. The van der Waals surface area contributed by atoms with E-state index in [9.17, 15) is 9.90 Å². The first-order chi connectivity index (χ1) is 14.6. The van der Waals surface area contributed by atoms with Crippen molar-refractivity contribution in [1.29, 1.82) is 0 Å². The summed E-state index contributed by atoms with van der Waals surface area (Å²) >= 11 is 3.36. The lowest BCUT2D eigenvalue weighted by Crippen LogP contribution is -2.20. The minimum absolute atomic E-state index is 0.127. The molecule has 5 heteroatoms. The van der Waals surface area contributed by atoms with E-state index < -0.39 is 0 Å². The minimum Gasteiger partial charge on any atom is -0.508 e. The van der Waals surface area contributed by atoms with Crippen molar-refractivity contribution >= 4 is 45.9 Å². The van der Waals surface area contributed by atoms with Gasteiger partial charge in [-0.05, 0) is 40.5 Å². The van der Waals surface area contributed by atoms with E-state index in [1.807, 2.05) is 67.6 Å². The van der Waals surface area contributed by atoms with Crippen LogP contribution in [0.15, 0.2) is 76.5 Å². The zero-order chi connectivity index (χ0) is 21.5. The number of carbonyl (C=O) groups excluding carboxylic acids is 1. The zero-order valence-electron chi connectivity index (χ0n) is 17.5. The van der Waals surface area contributed by atoms with Crippen molar-refractivity contribution in [2.45, 2.75) is 26.7 Å². The van der Waals surface area contributed by atoms with E-state index in [2.05, 4.69) is 19.2 Å². The van der Waals surface area contributed by atoms with Gasteiger partial charge in [-0.25, -0.2) is 0 Å². The van der Waals surface area contributed by atoms with E-state index in [-0.39, 0.29) is 17.6 Å². The van der Waals surface area contributed by atoms with Gasteiger partial charge in [0.05, 0.1) is 0 Å². The number of carbonyl (C=O) groups is 1. The molecule has 0 aromatic heterocycles. The fourth-order valence-electron chi connectivity index (χ4n) is 3.53. The van der Waals surface area contributed by atoms with Gasteiger partial charge in [0.1, 0.15) is 5.75 Å². The van der Waals surface area contributed by atoms with Crippen LogP contribution in [0, 0.1) is 0 Å². The van der Waals surface area contributed by atoms with Crippen molar-refractivity contribution in [1.82, 2.24) is 0 Å². The number of anilines is 1. The van der Waals surface area contributed by atoms with Crippen LogP contribution in [-0.2, 0) is 4.79 Å². The minimum atomic E-state index is -0.270. The average molecular weight is 438 g/mol. The predicted octanol–water partition coefficient (Wildman–Crippen LogP) is 7.01. The van der Waals surface area contributed by atoms with Crippen LogP contribution < -0.4 is 5.32 Å². The number of rotatable bonds is 8. The van der Waals surface area contributed by atoms with Gasteiger partial charge in [0.25, 0.3) is 5.91 Å². The number of hydrogen-bond donors (Lipinski definition) is 2. The van der Waals surface area contributed by atoms with Crippen molar-refractivity contribution < 1.29 is 9.90 Å². The molecule has 3 rings (SSSR count). The molecule has 0 radical (unpaired) electrons. The third-order valence-corrected chi connectivity index (χ3v) is 7.11. The van der Waals surface area contributed by atoms with Gasteiger partial charge in [-0.2, -0.15) is 0 Å². The Morgan fingerprint density at radius 2 is 1.57 bits per heavy atom. The monoisotopic (exact) mass is 437 g/mol. The van der Waals surface area contributed by atoms with E-state index in [0.29, 0.717) is 5.57 Å². The summed E-state index contributed by atoms with van der Waals surface area (Å²) in [6, 6.07) is 21.1. The van der Waals surface area contributed by atoms with Gasteiger partial charge in [0.15, 0.2) is 0 Å². The highest BCUT2D eigenvalue weighted by Crippen LogP contribution is 2.43. The molecular formula is C25H27NO2S2. The molecule has 0 heterocycles. The highest BCUT2D eigenvalue weighted by Gasteiger charge is 2.27. The van der Waals surface area contributed by atoms with Gasteiger partial charge in [0.2, 0.25) is 0 Å². The van der Waals surface area contributed by atoms with Crippen LogP contribution in [0.2, 0.25) is 0 Å². The lowest BCUT2D eigenvalue weighted by atomic mass is 9.88. The Labute approximate surface area is 187 Å². The smallest absolute Gasteiger partial charge is 0.253 e. The van der Waals surface area contributed by atoms with Crippen LogP contribution in [0.1, 0.15) is 32.3 Å². The van der Waals surface area contributed by atoms with Gasteiger partial charge in [-0.3, -0.25) is 4.79 Å². The van der Waals surface area contributed by atoms with E-state index in [1.165, 1.54) is 0 Å². The van der Waals surface area contributed by atoms with Crippen molar-refractivity contribution in [2.24, 2.45) is 0 Å². The molecule has 156 valence electrons. The van der Waals surface area contributed by atoms with Crippen LogP contribution in [-0.4, -0.2) is 22.5 Å². The molecule has 0 aliphatic carbocycles. The second-order valence-corrected chi connectivity index (χ2v) is 9.64. The quantitative estimate of drug-likeness (QED) is 0.372. The van der Waals surface area contributed by atoms with Crippen molar-refractivity contribution in [3.63, 3.8) is 0 Å². The van der Waals surface area contributed by atoms with Crippen molar-refractivity contribution in [2.75, 3.05) is 16.8 Å². The third-order valence-electron chi connectivity index (χ3n) is 4.86. The summed E-state index contributed by atoms with van der Waals surface area (Å²) in [4.78, 5) is 13.5. The molecule has 1 atom stereocenters. The largest absolute Gasteiger partial charge is 0.508 e. The van der Waals surface area contributed by atoms with Gasteiger partial charge in [0, 0.05) is 27.0 Å². The summed E-state index contributed by atoms with van der Waals surface area (Å²) < 4.78 is 1.01. The maximum absolute atomic E-state index is 13.5. The van der Waals surface area contributed by atoms with E-state index in [0.717, 1.165) is 37.8 Å². The maximum atomic E-state index is 13.5. The van der Waals surface area contributed by atoms with Crippen LogP contribution >= 0.6 is 23.5 Å². The number of para-hydroxylation sites is 1. The standard InChI is InChI=1S/C25H27NO2S2/c1-4-29-25(30-5-2)23(24(28)26-19-12-7-6-8-13-19)17(3)22-20-14-10-9-11-18(20)15-16-21(22)27/h6-17,27H,4-5H2,1-3H3,(H,26,28). The Kier molecular flexibility index (Phi) is 7.88. The molecule has 0 bridgehead atoms. The second kappa shape index (κ2) is 10.6. The number of thioether (sulfide) groups is 2. The lowest BCUT2D eigenvalue weighted by molar-refractivity contribution is -0.113. The Hall–Kier alpha value is -2.37. The molecule has 0 aliphatic heterocycles. The zero-order valence-corrected chi connectivity index (χ0v) is 19.1. The number of phenolic OH excluding ortho intramolecular Hbond substituents is 1.